The maximum Gasteiger partial charge on any atom is 0.223 e. The summed E-state index contributed by atoms with van der Waals surface area (Å²) in [7, 11) is 5.21. The molecule has 5 heteroatoms. The van der Waals surface area contributed by atoms with E-state index in [2.05, 4.69) is 4.90 Å². The molecule has 1 aromatic carbocycles. The zero-order valence-electron chi connectivity index (χ0n) is 12.6. The summed E-state index contributed by atoms with van der Waals surface area (Å²) in [5.41, 5.74) is 6.67. The van der Waals surface area contributed by atoms with Crippen molar-refractivity contribution in [1.29, 1.82) is 0 Å². The Balaban J connectivity index is 2.69. The van der Waals surface area contributed by atoms with E-state index in [9.17, 15) is 4.79 Å². The van der Waals surface area contributed by atoms with Gasteiger partial charge in [0.25, 0.3) is 0 Å². The fourth-order valence-corrected chi connectivity index (χ4v) is 1.90. The van der Waals surface area contributed by atoms with Gasteiger partial charge in [-0.2, -0.15) is 0 Å². The van der Waals surface area contributed by atoms with Gasteiger partial charge in [0.2, 0.25) is 5.91 Å². The molecule has 0 atom stereocenters. The number of ether oxygens (including phenoxy) is 1. The van der Waals surface area contributed by atoms with Crippen molar-refractivity contribution in [2.75, 3.05) is 45.7 Å². The van der Waals surface area contributed by atoms with E-state index in [1.165, 1.54) is 0 Å². The summed E-state index contributed by atoms with van der Waals surface area (Å²) < 4.78 is 5.16. The summed E-state index contributed by atoms with van der Waals surface area (Å²) in [6.45, 7) is 2.20. The van der Waals surface area contributed by atoms with Gasteiger partial charge in [-0.1, -0.05) is 0 Å². The Bertz CT molecular complexity index is 404. The molecule has 0 fully saturated rings. The molecule has 5 nitrogen and oxygen atoms in total. The predicted molar refractivity (Wildman–Crippen MR) is 82.2 cm³/mol. The number of carbonyl (C=O) groups excluding carboxylic acids is 1. The zero-order chi connectivity index (χ0) is 15.0. The maximum atomic E-state index is 11.7. The van der Waals surface area contributed by atoms with E-state index in [-0.39, 0.29) is 5.91 Å². The number of benzene rings is 1. The monoisotopic (exact) mass is 279 g/mol. The van der Waals surface area contributed by atoms with Gasteiger partial charge in [-0.3, -0.25) is 4.79 Å². The molecule has 0 unspecified atom stereocenters. The van der Waals surface area contributed by atoms with Gasteiger partial charge < -0.3 is 20.3 Å². The summed E-state index contributed by atoms with van der Waals surface area (Å²) in [6.07, 6.45) is 1.41. The van der Waals surface area contributed by atoms with Crippen LogP contribution in [0, 0.1) is 0 Å². The number of nitrogens with two attached hydrogens (primary N) is 1. The standard InChI is InChI=1S/C15H25N3O2/c1-17(2)15(19)9-12-18(11-4-10-16)13-5-7-14(20-3)8-6-13/h5-8H,4,9-12,16H2,1-3H3. The van der Waals surface area contributed by atoms with E-state index in [1.54, 1.807) is 26.1 Å². The lowest BCUT2D eigenvalue weighted by atomic mass is 10.2. The molecule has 0 saturated carbocycles. The largest absolute Gasteiger partial charge is 0.497 e. The lowest BCUT2D eigenvalue weighted by Crippen LogP contribution is -2.31. The summed E-state index contributed by atoms with van der Waals surface area (Å²) in [4.78, 5) is 15.5. The summed E-state index contributed by atoms with van der Waals surface area (Å²) in [6, 6.07) is 7.88. The molecule has 0 spiro atoms. The molecule has 0 radical (unpaired) electrons. The third kappa shape index (κ3) is 5.09. The molecule has 1 rings (SSSR count). The number of amides is 1. The van der Waals surface area contributed by atoms with E-state index < -0.39 is 0 Å². The molecule has 0 heterocycles. The van der Waals surface area contributed by atoms with Crippen molar-refractivity contribution in [2.24, 2.45) is 5.73 Å². The minimum Gasteiger partial charge on any atom is -0.497 e. The van der Waals surface area contributed by atoms with Gasteiger partial charge in [-0.25, -0.2) is 0 Å². The molecular weight excluding hydrogens is 254 g/mol. The average Bonchev–Trinajstić information content (AvgIpc) is 2.47. The van der Waals surface area contributed by atoms with Crippen molar-refractivity contribution in [3.8, 4) is 5.75 Å². The lowest BCUT2D eigenvalue weighted by molar-refractivity contribution is -0.128. The lowest BCUT2D eigenvalue weighted by Gasteiger charge is -2.25. The second-order valence-corrected chi connectivity index (χ2v) is 4.87. The first-order valence-electron chi connectivity index (χ1n) is 6.87. The van der Waals surface area contributed by atoms with E-state index in [1.807, 2.05) is 24.3 Å². The quantitative estimate of drug-likeness (QED) is 0.780. The Hall–Kier alpha value is -1.75. The van der Waals surface area contributed by atoms with Crippen molar-refractivity contribution in [2.45, 2.75) is 12.8 Å². The van der Waals surface area contributed by atoms with Crippen LogP contribution in [0.5, 0.6) is 5.75 Å². The smallest absolute Gasteiger partial charge is 0.223 e. The first-order chi connectivity index (χ1) is 9.58. The third-order valence-corrected chi connectivity index (χ3v) is 3.16. The normalized spacial score (nSPS) is 10.2. The number of hydrogen-bond donors (Lipinski definition) is 1. The maximum absolute atomic E-state index is 11.7. The Morgan fingerprint density at radius 1 is 1.20 bits per heavy atom. The van der Waals surface area contributed by atoms with Crippen LogP contribution < -0.4 is 15.4 Å². The van der Waals surface area contributed by atoms with Crippen molar-refractivity contribution in [1.82, 2.24) is 4.90 Å². The van der Waals surface area contributed by atoms with Crippen LogP contribution in [0.4, 0.5) is 5.69 Å². The topological polar surface area (TPSA) is 58.8 Å². The Morgan fingerprint density at radius 3 is 2.35 bits per heavy atom. The summed E-state index contributed by atoms with van der Waals surface area (Å²) >= 11 is 0. The first kappa shape index (κ1) is 16.3. The Labute approximate surface area is 121 Å². The molecule has 1 amide bonds. The number of methoxy groups -OCH3 is 1. The second kappa shape index (κ2) is 8.43. The van der Waals surface area contributed by atoms with E-state index in [0.29, 0.717) is 19.5 Å². The summed E-state index contributed by atoms with van der Waals surface area (Å²) in [5, 5.41) is 0. The van der Waals surface area contributed by atoms with Crippen LogP contribution in [0.2, 0.25) is 0 Å². The van der Waals surface area contributed by atoms with Crippen LogP contribution >= 0.6 is 0 Å². The van der Waals surface area contributed by atoms with Crippen molar-refractivity contribution < 1.29 is 9.53 Å². The highest BCUT2D eigenvalue weighted by Gasteiger charge is 2.10. The fraction of sp³-hybridized carbons (Fsp3) is 0.533. The van der Waals surface area contributed by atoms with E-state index in [4.69, 9.17) is 10.5 Å². The predicted octanol–water partition coefficient (Wildman–Crippen LogP) is 1.33. The molecule has 0 saturated heterocycles. The second-order valence-electron chi connectivity index (χ2n) is 4.87. The molecule has 0 aliphatic rings. The molecule has 2 N–H and O–H groups in total. The van der Waals surface area contributed by atoms with Crippen molar-refractivity contribution in [3.63, 3.8) is 0 Å². The highest BCUT2D eigenvalue weighted by Crippen LogP contribution is 2.19. The van der Waals surface area contributed by atoms with Crippen LogP contribution in [0.1, 0.15) is 12.8 Å². The third-order valence-electron chi connectivity index (χ3n) is 3.16. The number of hydrogen-bond acceptors (Lipinski definition) is 4. The molecular formula is C15H25N3O2. The van der Waals surface area contributed by atoms with Gasteiger partial charge in [0.05, 0.1) is 7.11 Å². The van der Waals surface area contributed by atoms with E-state index in [0.717, 1.165) is 24.4 Å². The Morgan fingerprint density at radius 2 is 1.85 bits per heavy atom. The number of nitrogens with zero attached hydrogens (tertiary/aromatic N) is 2. The zero-order valence-corrected chi connectivity index (χ0v) is 12.6. The molecule has 112 valence electrons. The van der Waals surface area contributed by atoms with Gasteiger partial charge in [0.1, 0.15) is 5.75 Å². The highest BCUT2D eigenvalue weighted by molar-refractivity contribution is 5.76. The Kier molecular flexibility index (Phi) is 6.87. The number of carbonyl (C=O) groups is 1. The van der Waals surface area contributed by atoms with Crippen LogP contribution in [0.3, 0.4) is 0 Å². The molecule has 0 aliphatic carbocycles. The molecule has 0 bridgehead atoms. The molecule has 1 aromatic rings. The fourth-order valence-electron chi connectivity index (χ4n) is 1.90. The van der Waals surface area contributed by atoms with Gasteiger partial charge in [0.15, 0.2) is 0 Å². The van der Waals surface area contributed by atoms with Gasteiger partial charge in [0, 0.05) is 39.3 Å². The number of rotatable bonds is 8. The molecule has 0 aliphatic heterocycles. The average molecular weight is 279 g/mol. The van der Waals surface area contributed by atoms with Crippen LogP contribution in [-0.2, 0) is 4.79 Å². The summed E-state index contributed by atoms with van der Waals surface area (Å²) in [5.74, 6) is 0.966. The SMILES string of the molecule is COc1ccc(N(CCCN)CCC(=O)N(C)C)cc1. The molecule has 20 heavy (non-hydrogen) atoms. The van der Waals surface area contributed by atoms with Crippen LogP contribution in [-0.4, -0.2) is 51.6 Å². The number of anilines is 1. The van der Waals surface area contributed by atoms with Crippen molar-refractivity contribution in [3.05, 3.63) is 24.3 Å². The van der Waals surface area contributed by atoms with Crippen LogP contribution in [0.15, 0.2) is 24.3 Å². The highest BCUT2D eigenvalue weighted by atomic mass is 16.5. The van der Waals surface area contributed by atoms with Crippen molar-refractivity contribution >= 4 is 11.6 Å². The van der Waals surface area contributed by atoms with E-state index >= 15 is 0 Å². The van der Waals surface area contributed by atoms with Gasteiger partial charge in [-0.15, -0.1) is 0 Å². The first-order valence-corrected chi connectivity index (χ1v) is 6.87. The minimum absolute atomic E-state index is 0.135. The van der Waals surface area contributed by atoms with Crippen LogP contribution in [0.25, 0.3) is 0 Å². The molecule has 0 aromatic heterocycles. The van der Waals surface area contributed by atoms with Gasteiger partial charge in [-0.05, 0) is 37.2 Å². The minimum atomic E-state index is 0.135. The van der Waals surface area contributed by atoms with Gasteiger partial charge >= 0.3 is 0 Å².